The Morgan fingerprint density at radius 3 is 0.600 bits per heavy atom. The van der Waals surface area contributed by atoms with Crippen molar-refractivity contribution >= 4 is 86.0 Å². The van der Waals surface area contributed by atoms with Crippen molar-refractivity contribution in [2.24, 2.45) is 0 Å². The number of nitriles is 4. The molecule has 8 heteroatoms. The number of rotatable bonds is 4. The fraction of sp³-hybridized carbons (Fsp3) is 0. The highest BCUT2D eigenvalue weighted by Crippen LogP contribution is 2.29. The molecule has 192 valence electrons. The van der Waals surface area contributed by atoms with Crippen molar-refractivity contribution in [1.82, 2.24) is 0 Å². The standard InChI is InChI=1S/2C16H8Br2N2/c2*17-13-5-1-11(2-6-13)15(9-19)16(10-20)12-3-7-14(18)8-4-12/h2*1-8H/b2*16-15+. The molecule has 0 spiro atoms. The summed E-state index contributed by atoms with van der Waals surface area (Å²) in [5.74, 6) is 0. The zero-order valence-corrected chi connectivity index (χ0v) is 26.9. The fourth-order valence-corrected chi connectivity index (χ4v) is 4.58. The van der Waals surface area contributed by atoms with E-state index in [1.54, 1.807) is 0 Å². The van der Waals surface area contributed by atoms with Gasteiger partial charge in [0.1, 0.15) is 24.3 Å². The molecule has 0 bridgehead atoms. The molecule has 0 aliphatic carbocycles. The summed E-state index contributed by atoms with van der Waals surface area (Å²) in [6, 6.07) is 37.9. The van der Waals surface area contributed by atoms with Gasteiger partial charge in [0.15, 0.2) is 0 Å². The number of nitrogens with zero attached hydrogens (tertiary/aromatic N) is 4. The minimum absolute atomic E-state index is 0.377. The van der Waals surface area contributed by atoms with Crippen LogP contribution in [-0.2, 0) is 0 Å². The van der Waals surface area contributed by atoms with E-state index in [0.29, 0.717) is 22.3 Å². The Bertz CT molecular complexity index is 1460. The first-order chi connectivity index (χ1) is 19.3. The Morgan fingerprint density at radius 2 is 0.475 bits per heavy atom. The summed E-state index contributed by atoms with van der Waals surface area (Å²) in [4.78, 5) is 0. The van der Waals surface area contributed by atoms with E-state index >= 15 is 0 Å². The lowest BCUT2D eigenvalue weighted by atomic mass is 9.96. The van der Waals surface area contributed by atoms with Gasteiger partial charge in [-0.3, -0.25) is 0 Å². The van der Waals surface area contributed by atoms with Gasteiger partial charge in [-0.2, -0.15) is 21.0 Å². The molecular weight excluding hydrogens is 760 g/mol. The largest absolute Gasteiger partial charge is 0.192 e. The molecule has 0 unspecified atom stereocenters. The van der Waals surface area contributed by atoms with Gasteiger partial charge in [0.2, 0.25) is 0 Å². The molecule has 0 fully saturated rings. The van der Waals surface area contributed by atoms with E-state index in [4.69, 9.17) is 0 Å². The lowest BCUT2D eigenvalue weighted by Gasteiger charge is -2.05. The van der Waals surface area contributed by atoms with Gasteiger partial charge in [-0.25, -0.2) is 0 Å². The van der Waals surface area contributed by atoms with E-state index in [0.717, 1.165) is 40.1 Å². The van der Waals surface area contributed by atoms with Crippen LogP contribution < -0.4 is 0 Å². The van der Waals surface area contributed by atoms with E-state index in [1.165, 1.54) is 0 Å². The third-order valence-electron chi connectivity index (χ3n) is 5.48. The number of benzene rings is 4. The molecule has 0 heterocycles. The van der Waals surface area contributed by atoms with Gasteiger partial charge < -0.3 is 0 Å². The molecule has 0 saturated heterocycles. The van der Waals surface area contributed by atoms with Gasteiger partial charge in [-0.1, -0.05) is 112 Å². The molecule has 0 radical (unpaired) electrons. The summed E-state index contributed by atoms with van der Waals surface area (Å²) in [7, 11) is 0. The fourth-order valence-electron chi connectivity index (χ4n) is 3.53. The monoisotopic (exact) mass is 772 g/mol. The van der Waals surface area contributed by atoms with E-state index < -0.39 is 0 Å². The topological polar surface area (TPSA) is 95.2 Å². The smallest absolute Gasteiger partial charge is 0.101 e. The highest BCUT2D eigenvalue weighted by atomic mass is 79.9. The van der Waals surface area contributed by atoms with Crippen molar-refractivity contribution in [3.63, 3.8) is 0 Å². The minimum Gasteiger partial charge on any atom is -0.192 e. The van der Waals surface area contributed by atoms with Crippen molar-refractivity contribution in [2.45, 2.75) is 0 Å². The number of hydrogen-bond acceptors (Lipinski definition) is 4. The van der Waals surface area contributed by atoms with Crippen molar-refractivity contribution < 1.29 is 0 Å². The molecule has 4 aromatic carbocycles. The van der Waals surface area contributed by atoms with Crippen LogP contribution in [-0.4, -0.2) is 0 Å². The van der Waals surface area contributed by atoms with E-state index in [9.17, 15) is 21.0 Å². The van der Waals surface area contributed by atoms with Gasteiger partial charge >= 0.3 is 0 Å². The van der Waals surface area contributed by atoms with Gasteiger partial charge in [0.05, 0.1) is 22.3 Å². The molecule has 0 saturated carbocycles. The molecule has 40 heavy (non-hydrogen) atoms. The Balaban J connectivity index is 0.000000220. The van der Waals surface area contributed by atoms with Gasteiger partial charge in [-0.05, 0) is 70.8 Å². The zero-order chi connectivity index (χ0) is 29.1. The summed E-state index contributed by atoms with van der Waals surface area (Å²) in [5, 5.41) is 37.5. The third kappa shape index (κ3) is 8.12. The van der Waals surface area contributed by atoms with Crippen LogP contribution in [0, 0.1) is 45.3 Å². The normalized spacial score (nSPS) is 11.2. The maximum absolute atomic E-state index is 9.39. The first-order valence-electron chi connectivity index (χ1n) is 11.4. The second-order valence-corrected chi connectivity index (χ2v) is 11.6. The molecular formula is C32H16Br4N4. The number of hydrogen-bond donors (Lipinski definition) is 0. The predicted octanol–water partition coefficient (Wildman–Crippen LogP) is 10.3. The van der Waals surface area contributed by atoms with Crippen molar-refractivity contribution in [3.05, 3.63) is 137 Å². The highest BCUT2D eigenvalue weighted by molar-refractivity contribution is 9.11. The van der Waals surface area contributed by atoms with Crippen molar-refractivity contribution in [1.29, 1.82) is 21.0 Å². The molecule has 0 aliphatic heterocycles. The van der Waals surface area contributed by atoms with Crippen LogP contribution in [0.4, 0.5) is 0 Å². The lowest BCUT2D eigenvalue weighted by molar-refractivity contribution is 1.49. The maximum atomic E-state index is 9.39. The summed E-state index contributed by atoms with van der Waals surface area (Å²) >= 11 is 13.4. The maximum Gasteiger partial charge on any atom is 0.101 e. The Hall–Kier alpha value is -3.76. The first-order valence-corrected chi connectivity index (χ1v) is 14.6. The molecule has 0 amide bonds. The molecule has 4 aromatic rings. The van der Waals surface area contributed by atoms with E-state index in [-0.39, 0.29) is 0 Å². The molecule has 0 N–H and O–H groups in total. The quantitative estimate of drug-likeness (QED) is 0.152. The Kier molecular flexibility index (Phi) is 11.6. The summed E-state index contributed by atoms with van der Waals surface area (Å²) in [6.07, 6.45) is 0. The van der Waals surface area contributed by atoms with E-state index in [1.807, 2.05) is 97.1 Å². The van der Waals surface area contributed by atoms with Crippen LogP contribution in [0.2, 0.25) is 0 Å². The average molecular weight is 776 g/mol. The van der Waals surface area contributed by atoms with Gasteiger partial charge in [0.25, 0.3) is 0 Å². The average Bonchev–Trinajstić information content (AvgIpc) is 2.97. The van der Waals surface area contributed by atoms with Crippen LogP contribution in [0.1, 0.15) is 22.3 Å². The molecule has 0 aliphatic rings. The summed E-state index contributed by atoms with van der Waals surface area (Å²) in [5.41, 5.74) is 4.44. The molecule has 4 rings (SSSR count). The van der Waals surface area contributed by atoms with Crippen LogP contribution in [0.3, 0.4) is 0 Å². The number of halogens is 4. The van der Waals surface area contributed by atoms with Gasteiger partial charge in [-0.15, -0.1) is 0 Å². The predicted molar refractivity (Wildman–Crippen MR) is 173 cm³/mol. The van der Waals surface area contributed by atoms with Crippen LogP contribution in [0.15, 0.2) is 115 Å². The molecule has 0 aromatic heterocycles. The summed E-state index contributed by atoms with van der Waals surface area (Å²) < 4.78 is 3.72. The molecule has 4 nitrogen and oxygen atoms in total. The minimum atomic E-state index is 0.377. The van der Waals surface area contributed by atoms with Gasteiger partial charge in [0, 0.05) is 17.9 Å². The first kappa shape index (κ1) is 30.8. The zero-order valence-electron chi connectivity index (χ0n) is 20.5. The van der Waals surface area contributed by atoms with Crippen LogP contribution in [0.25, 0.3) is 22.3 Å². The lowest BCUT2D eigenvalue weighted by Crippen LogP contribution is -1.89. The Morgan fingerprint density at radius 1 is 0.325 bits per heavy atom. The second kappa shape index (κ2) is 15.1. The SMILES string of the molecule is N#C/C(=C(/C#N)c1ccc(Br)cc1)c1ccc(Br)cc1.N#C/C(=C(/C#N)c1ccc(Br)cc1)c1ccc(Br)cc1. The van der Waals surface area contributed by atoms with Crippen LogP contribution in [0.5, 0.6) is 0 Å². The Labute approximate surface area is 266 Å². The number of allylic oxidation sites excluding steroid dienone is 4. The second-order valence-electron chi connectivity index (χ2n) is 7.97. The highest BCUT2D eigenvalue weighted by Gasteiger charge is 2.12. The van der Waals surface area contributed by atoms with Crippen molar-refractivity contribution in [2.75, 3.05) is 0 Å². The van der Waals surface area contributed by atoms with Crippen molar-refractivity contribution in [3.8, 4) is 24.3 Å². The molecule has 0 atom stereocenters. The third-order valence-corrected chi connectivity index (χ3v) is 7.59. The van der Waals surface area contributed by atoms with Crippen LogP contribution >= 0.6 is 63.7 Å². The summed E-state index contributed by atoms with van der Waals surface area (Å²) in [6.45, 7) is 0. The van der Waals surface area contributed by atoms with E-state index in [2.05, 4.69) is 88.0 Å².